The number of carbonyl (C=O) groups excluding carboxylic acids is 1. The number of hydrogen-bond donors (Lipinski definition) is 0. The molecule has 0 aliphatic rings. The molecule has 1 aromatic carbocycles. The molecule has 1 aromatic rings. The molecule has 0 fully saturated rings. The van der Waals surface area contributed by atoms with Gasteiger partial charge in [0.15, 0.2) is 0 Å². The van der Waals surface area contributed by atoms with Crippen molar-refractivity contribution in [2.45, 2.75) is 26.2 Å². The Kier molecular flexibility index (Phi) is 3.03. The molecule has 0 saturated carbocycles. The van der Waals surface area contributed by atoms with Crippen LogP contribution in [0.15, 0.2) is 30.3 Å². The maximum atomic E-state index is 11.2. The summed E-state index contributed by atoms with van der Waals surface area (Å²) in [6, 6.07) is 9.93. The number of hydrogen-bond acceptors (Lipinski definition) is 1. The first-order valence-electron chi connectivity index (χ1n) is 4.31. The molecule has 0 N–H and O–H groups in total. The van der Waals surface area contributed by atoms with Crippen molar-refractivity contribution in [3.63, 3.8) is 0 Å². The number of rotatable bonds is 3. The summed E-state index contributed by atoms with van der Waals surface area (Å²) in [5.41, 5.74) is 1.13. The molecule has 0 amide bonds. The molecule has 0 saturated heterocycles. The second-order valence-electron chi connectivity index (χ2n) is 2.98. The fourth-order valence-electron chi connectivity index (χ4n) is 1.44. The summed E-state index contributed by atoms with van der Waals surface area (Å²) < 4.78 is 0. The Morgan fingerprint density at radius 2 is 1.92 bits per heavy atom. The van der Waals surface area contributed by atoms with Crippen LogP contribution >= 0.6 is 0 Å². The van der Waals surface area contributed by atoms with Crippen molar-refractivity contribution >= 4 is 5.78 Å². The van der Waals surface area contributed by atoms with Crippen LogP contribution in [0.1, 0.15) is 31.7 Å². The summed E-state index contributed by atoms with van der Waals surface area (Å²) in [7, 11) is 0. The van der Waals surface area contributed by atoms with Gasteiger partial charge in [0.05, 0.1) is 0 Å². The lowest BCUT2D eigenvalue weighted by Gasteiger charge is -2.10. The molecule has 1 atom stereocenters. The Morgan fingerprint density at radius 3 is 2.33 bits per heavy atom. The van der Waals surface area contributed by atoms with Gasteiger partial charge in [-0.2, -0.15) is 0 Å². The first kappa shape index (κ1) is 8.98. The largest absolute Gasteiger partial charge is 0.299 e. The molecule has 1 rings (SSSR count). The van der Waals surface area contributed by atoms with Crippen molar-refractivity contribution in [2.75, 3.05) is 0 Å². The van der Waals surface area contributed by atoms with E-state index < -0.39 is 0 Å². The van der Waals surface area contributed by atoms with Gasteiger partial charge in [-0.15, -0.1) is 0 Å². The van der Waals surface area contributed by atoms with Gasteiger partial charge in [-0.05, 0) is 18.9 Å². The van der Waals surface area contributed by atoms with Gasteiger partial charge in [-0.1, -0.05) is 37.3 Å². The Morgan fingerprint density at radius 1 is 1.33 bits per heavy atom. The highest BCUT2D eigenvalue weighted by atomic mass is 16.1. The van der Waals surface area contributed by atoms with Crippen molar-refractivity contribution in [1.29, 1.82) is 0 Å². The van der Waals surface area contributed by atoms with Crippen LogP contribution in [0.2, 0.25) is 0 Å². The van der Waals surface area contributed by atoms with Crippen LogP contribution in [0.5, 0.6) is 0 Å². The molecule has 0 aromatic heterocycles. The quantitative estimate of drug-likeness (QED) is 0.668. The maximum absolute atomic E-state index is 11.2. The van der Waals surface area contributed by atoms with Crippen LogP contribution in [0.3, 0.4) is 0 Å². The van der Waals surface area contributed by atoms with E-state index in [4.69, 9.17) is 0 Å². The maximum Gasteiger partial charge on any atom is 0.137 e. The number of Topliss-reactive ketones (excluding diaryl/α,β-unsaturated/α-hetero) is 1. The monoisotopic (exact) mass is 162 g/mol. The number of carbonyl (C=O) groups is 1. The molecule has 0 unspecified atom stereocenters. The summed E-state index contributed by atoms with van der Waals surface area (Å²) in [5, 5.41) is 0. The van der Waals surface area contributed by atoms with Crippen LogP contribution in [-0.4, -0.2) is 5.78 Å². The third-order valence-corrected chi connectivity index (χ3v) is 2.10. The van der Waals surface area contributed by atoms with Crippen LogP contribution in [0.25, 0.3) is 0 Å². The zero-order valence-electron chi connectivity index (χ0n) is 7.58. The number of benzene rings is 1. The van der Waals surface area contributed by atoms with Crippen LogP contribution < -0.4 is 0 Å². The van der Waals surface area contributed by atoms with E-state index in [1.54, 1.807) is 6.92 Å². The minimum atomic E-state index is 0.0891. The fourth-order valence-corrected chi connectivity index (χ4v) is 1.44. The molecule has 0 aliphatic carbocycles. The summed E-state index contributed by atoms with van der Waals surface area (Å²) >= 11 is 0. The summed E-state index contributed by atoms with van der Waals surface area (Å²) in [5.74, 6) is 0.342. The molecule has 0 heterocycles. The predicted octanol–water partition coefficient (Wildman–Crippen LogP) is 2.77. The zero-order valence-corrected chi connectivity index (χ0v) is 7.58. The second kappa shape index (κ2) is 4.05. The molecule has 0 spiro atoms. The predicted molar refractivity (Wildman–Crippen MR) is 50.2 cm³/mol. The lowest BCUT2D eigenvalue weighted by Crippen LogP contribution is -2.06. The van der Waals surface area contributed by atoms with Gasteiger partial charge in [0.25, 0.3) is 0 Å². The standard InChI is InChI=1S/C11H14O/c1-3-11(9(2)12)10-7-5-4-6-8-10/h4-8,11H,3H2,1-2H3/t11-/m1/s1. The van der Waals surface area contributed by atoms with Crippen molar-refractivity contribution in [1.82, 2.24) is 0 Å². The van der Waals surface area contributed by atoms with Gasteiger partial charge in [-0.3, -0.25) is 4.79 Å². The molecule has 0 bridgehead atoms. The van der Waals surface area contributed by atoms with Crippen molar-refractivity contribution in [3.05, 3.63) is 35.9 Å². The lowest BCUT2D eigenvalue weighted by atomic mass is 9.93. The Labute approximate surface area is 73.4 Å². The molecule has 0 radical (unpaired) electrons. The number of ketones is 1. The Hall–Kier alpha value is -1.11. The second-order valence-corrected chi connectivity index (χ2v) is 2.98. The normalized spacial score (nSPS) is 12.5. The van der Waals surface area contributed by atoms with E-state index in [-0.39, 0.29) is 11.7 Å². The van der Waals surface area contributed by atoms with E-state index in [2.05, 4.69) is 0 Å². The Balaban J connectivity index is 2.88. The zero-order chi connectivity index (χ0) is 8.97. The summed E-state index contributed by atoms with van der Waals surface area (Å²) in [6.07, 6.45) is 0.888. The molecular weight excluding hydrogens is 148 g/mol. The van der Waals surface area contributed by atoms with Crippen LogP contribution in [-0.2, 0) is 4.79 Å². The fraction of sp³-hybridized carbons (Fsp3) is 0.364. The van der Waals surface area contributed by atoms with E-state index in [1.165, 1.54) is 0 Å². The van der Waals surface area contributed by atoms with Gasteiger partial charge in [0.2, 0.25) is 0 Å². The molecular formula is C11H14O. The average Bonchev–Trinajstić information content (AvgIpc) is 2.07. The highest BCUT2D eigenvalue weighted by molar-refractivity contribution is 5.83. The average molecular weight is 162 g/mol. The van der Waals surface area contributed by atoms with Crippen molar-refractivity contribution in [3.8, 4) is 0 Å². The highest BCUT2D eigenvalue weighted by Crippen LogP contribution is 2.19. The van der Waals surface area contributed by atoms with Gasteiger partial charge < -0.3 is 0 Å². The first-order chi connectivity index (χ1) is 5.75. The minimum absolute atomic E-state index is 0.0891. The van der Waals surface area contributed by atoms with Gasteiger partial charge in [-0.25, -0.2) is 0 Å². The highest BCUT2D eigenvalue weighted by Gasteiger charge is 2.12. The van der Waals surface area contributed by atoms with E-state index >= 15 is 0 Å². The SMILES string of the molecule is CC[C@H](C(C)=O)c1ccccc1. The van der Waals surface area contributed by atoms with Crippen LogP contribution in [0.4, 0.5) is 0 Å². The molecule has 1 heteroatoms. The van der Waals surface area contributed by atoms with Gasteiger partial charge in [0.1, 0.15) is 5.78 Å². The van der Waals surface area contributed by atoms with Crippen molar-refractivity contribution in [2.24, 2.45) is 0 Å². The smallest absolute Gasteiger partial charge is 0.137 e. The first-order valence-corrected chi connectivity index (χ1v) is 4.31. The Bertz CT molecular complexity index is 251. The topological polar surface area (TPSA) is 17.1 Å². The summed E-state index contributed by atoms with van der Waals surface area (Å²) in [6.45, 7) is 3.69. The molecule has 0 aliphatic heterocycles. The van der Waals surface area contributed by atoms with Gasteiger partial charge in [0, 0.05) is 5.92 Å². The van der Waals surface area contributed by atoms with E-state index in [0.717, 1.165) is 12.0 Å². The van der Waals surface area contributed by atoms with E-state index in [0.29, 0.717) is 0 Å². The molecule has 1 nitrogen and oxygen atoms in total. The summed E-state index contributed by atoms with van der Waals surface area (Å²) in [4.78, 5) is 11.2. The van der Waals surface area contributed by atoms with Crippen molar-refractivity contribution < 1.29 is 4.79 Å². The minimum Gasteiger partial charge on any atom is -0.299 e. The van der Waals surface area contributed by atoms with E-state index in [9.17, 15) is 4.79 Å². The van der Waals surface area contributed by atoms with Gasteiger partial charge >= 0.3 is 0 Å². The third kappa shape index (κ3) is 1.94. The molecule has 64 valence electrons. The van der Waals surface area contributed by atoms with E-state index in [1.807, 2.05) is 37.3 Å². The third-order valence-electron chi connectivity index (χ3n) is 2.10. The van der Waals surface area contributed by atoms with Crippen LogP contribution in [0, 0.1) is 0 Å². The lowest BCUT2D eigenvalue weighted by molar-refractivity contribution is -0.118. The molecule has 12 heavy (non-hydrogen) atoms.